The molecule has 0 saturated heterocycles. The van der Waals surface area contributed by atoms with Crippen LogP contribution in [-0.2, 0) is 10.2 Å². The molecule has 3 nitrogen and oxygen atoms in total. The molecule has 14 heavy (non-hydrogen) atoms. The van der Waals surface area contributed by atoms with Crippen molar-refractivity contribution in [2.75, 3.05) is 0 Å². The minimum Gasteiger partial charge on any atom is -0.508 e. The van der Waals surface area contributed by atoms with Crippen molar-refractivity contribution in [1.29, 1.82) is 0 Å². The van der Waals surface area contributed by atoms with Crippen LogP contribution in [-0.4, -0.2) is 16.2 Å². The molecule has 0 unspecified atom stereocenters. The Labute approximate surface area is 82.0 Å². The lowest BCUT2D eigenvalue weighted by molar-refractivity contribution is -0.147. The number of benzene rings is 1. The van der Waals surface area contributed by atoms with Gasteiger partial charge in [0, 0.05) is 0 Å². The van der Waals surface area contributed by atoms with Crippen LogP contribution < -0.4 is 0 Å². The first kappa shape index (κ1) is 9.06. The summed E-state index contributed by atoms with van der Waals surface area (Å²) in [4.78, 5) is 11.1. The molecule has 1 aromatic carbocycles. The number of phenolic OH excluding ortho intramolecular Hbond substituents is 1. The number of rotatable bonds is 2. The van der Waals surface area contributed by atoms with Crippen molar-refractivity contribution in [3.63, 3.8) is 0 Å². The van der Waals surface area contributed by atoms with E-state index in [1.807, 2.05) is 0 Å². The molecule has 0 bridgehead atoms. The van der Waals surface area contributed by atoms with Crippen LogP contribution in [0.4, 0.5) is 0 Å². The normalized spacial score (nSPS) is 18.6. The Balaban J connectivity index is 2.37. The van der Waals surface area contributed by atoms with Crippen molar-refractivity contribution in [3.8, 4) is 5.75 Å². The highest BCUT2D eigenvalue weighted by Gasteiger charge is 2.45. The van der Waals surface area contributed by atoms with Crippen LogP contribution in [0.3, 0.4) is 0 Å². The summed E-state index contributed by atoms with van der Waals surface area (Å²) in [5.41, 5.74) is 0.113. The van der Waals surface area contributed by atoms with Crippen molar-refractivity contribution in [1.82, 2.24) is 0 Å². The SMILES string of the molecule is O=C(O)C1(c2ccc(O)cc2)CCC1. The lowest BCUT2D eigenvalue weighted by atomic mass is 9.64. The lowest BCUT2D eigenvalue weighted by Gasteiger charge is -2.38. The fourth-order valence-electron chi connectivity index (χ4n) is 1.94. The number of carboxylic acid groups (broad SMARTS) is 1. The first-order chi connectivity index (χ1) is 6.65. The second-order valence-electron chi connectivity index (χ2n) is 3.79. The van der Waals surface area contributed by atoms with E-state index in [0.717, 1.165) is 12.0 Å². The molecular formula is C11H12O3. The van der Waals surface area contributed by atoms with Gasteiger partial charge < -0.3 is 10.2 Å². The lowest BCUT2D eigenvalue weighted by Crippen LogP contribution is -2.42. The third-order valence-electron chi connectivity index (χ3n) is 3.04. The Morgan fingerprint density at radius 2 is 1.79 bits per heavy atom. The molecular weight excluding hydrogens is 180 g/mol. The van der Waals surface area contributed by atoms with Crippen molar-refractivity contribution in [2.45, 2.75) is 24.7 Å². The first-order valence-corrected chi connectivity index (χ1v) is 4.68. The molecule has 0 heterocycles. The van der Waals surface area contributed by atoms with E-state index in [0.29, 0.717) is 12.8 Å². The van der Waals surface area contributed by atoms with Gasteiger partial charge in [0.1, 0.15) is 5.75 Å². The summed E-state index contributed by atoms with van der Waals surface area (Å²) in [5.74, 6) is -0.581. The Bertz CT molecular complexity index is 349. The quantitative estimate of drug-likeness (QED) is 0.752. The fraction of sp³-hybridized carbons (Fsp3) is 0.364. The van der Waals surface area contributed by atoms with Crippen LogP contribution in [0.25, 0.3) is 0 Å². The molecule has 0 aliphatic heterocycles. The van der Waals surface area contributed by atoms with Gasteiger partial charge in [-0.05, 0) is 30.5 Å². The molecule has 0 aromatic heterocycles. The largest absolute Gasteiger partial charge is 0.508 e. The maximum absolute atomic E-state index is 11.1. The maximum atomic E-state index is 11.1. The predicted molar refractivity (Wildman–Crippen MR) is 51.3 cm³/mol. The van der Waals surface area contributed by atoms with Crippen LogP contribution in [0.5, 0.6) is 5.75 Å². The highest BCUT2D eigenvalue weighted by atomic mass is 16.4. The Hall–Kier alpha value is -1.51. The Morgan fingerprint density at radius 3 is 2.14 bits per heavy atom. The number of carbonyl (C=O) groups is 1. The molecule has 0 amide bonds. The van der Waals surface area contributed by atoms with Gasteiger partial charge in [0.2, 0.25) is 0 Å². The molecule has 1 aliphatic carbocycles. The topological polar surface area (TPSA) is 57.5 Å². The highest BCUT2D eigenvalue weighted by molar-refractivity contribution is 5.82. The van der Waals surface area contributed by atoms with Gasteiger partial charge in [0.15, 0.2) is 0 Å². The van der Waals surface area contributed by atoms with Crippen molar-refractivity contribution < 1.29 is 15.0 Å². The van der Waals surface area contributed by atoms with Crippen molar-refractivity contribution >= 4 is 5.97 Å². The second-order valence-corrected chi connectivity index (χ2v) is 3.79. The fourth-order valence-corrected chi connectivity index (χ4v) is 1.94. The molecule has 74 valence electrons. The maximum Gasteiger partial charge on any atom is 0.314 e. The number of carboxylic acids is 1. The number of aromatic hydroxyl groups is 1. The third kappa shape index (κ3) is 1.16. The molecule has 1 saturated carbocycles. The summed E-state index contributed by atoms with van der Waals surface area (Å²) in [6.45, 7) is 0. The molecule has 2 rings (SSSR count). The molecule has 0 spiro atoms. The van der Waals surface area contributed by atoms with Gasteiger partial charge >= 0.3 is 5.97 Å². The Kier molecular flexibility index (Phi) is 1.95. The number of phenols is 1. The van der Waals surface area contributed by atoms with Gasteiger partial charge in [0.05, 0.1) is 5.41 Å². The molecule has 1 aromatic rings. The van der Waals surface area contributed by atoms with Crippen LogP contribution in [0.2, 0.25) is 0 Å². The van der Waals surface area contributed by atoms with E-state index in [1.54, 1.807) is 24.3 Å². The van der Waals surface area contributed by atoms with E-state index >= 15 is 0 Å². The van der Waals surface area contributed by atoms with Gasteiger partial charge in [-0.25, -0.2) is 0 Å². The summed E-state index contributed by atoms with van der Waals surface area (Å²) in [7, 11) is 0. The number of hydrogen-bond acceptors (Lipinski definition) is 2. The average molecular weight is 192 g/mol. The van der Waals surface area contributed by atoms with Crippen molar-refractivity contribution in [3.05, 3.63) is 29.8 Å². The van der Waals surface area contributed by atoms with E-state index in [1.165, 1.54) is 0 Å². The average Bonchev–Trinajstić information content (AvgIpc) is 2.05. The summed E-state index contributed by atoms with van der Waals surface area (Å²) < 4.78 is 0. The zero-order valence-electron chi connectivity index (χ0n) is 7.73. The minimum absolute atomic E-state index is 0.175. The summed E-state index contributed by atoms with van der Waals surface area (Å²) in [5, 5.41) is 18.2. The molecule has 2 N–H and O–H groups in total. The van der Waals surface area contributed by atoms with E-state index in [-0.39, 0.29) is 5.75 Å². The van der Waals surface area contributed by atoms with E-state index in [4.69, 9.17) is 10.2 Å². The first-order valence-electron chi connectivity index (χ1n) is 4.68. The second kappa shape index (κ2) is 3.01. The summed E-state index contributed by atoms with van der Waals surface area (Å²) >= 11 is 0. The van der Waals surface area contributed by atoms with Gasteiger partial charge in [-0.2, -0.15) is 0 Å². The van der Waals surface area contributed by atoms with E-state index < -0.39 is 11.4 Å². The van der Waals surface area contributed by atoms with Crippen LogP contribution >= 0.6 is 0 Å². The van der Waals surface area contributed by atoms with Crippen LogP contribution in [0.1, 0.15) is 24.8 Å². The zero-order chi connectivity index (χ0) is 10.2. The third-order valence-corrected chi connectivity index (χ3v) is 3.04. The molecule has 1 fully saturated rings. The van der Waals surface area contributed by atoms with E-state index in [2.05, 4.69) is 0 Å². The van der Waals surface area contributed by atoms with Crippen molar-refractivity contribution in [2.24, 2.45) is 0 Å². The smallest absolute Gasteiger partial charge is 0.314 e. The van der Waals surface area contributed by atoms with E-state index in [9.17, 15) is 4.79 Å². The molecule has 1 aliphatic rings. The standard InChI is InChI=1S/C11H12O3/c12-9-4-2-8(3-5-9)11(10(13)14)6-1-7-11/h2-5,12H,1,6-7H2,(H,13,14). The number of hydrogen-bond donors (Lipinski definition) is 2. The minimum atomic E-state index is -0.755. The molecule has 0 atom stereocenters. The van der Waals surface area contributed by atoms with Gasteiger partial charge in [-0.15, -0.1) is 0 Å². The summed E-state index contributed by atoms with van der Waals surface area (Å²) in [6.07, 6.45) is 2.37. The number of aliphatic carboxylic acids is 1. The summed E-state index contributed by atoms with van der Waals surface area (Å²) in [6, 6.07) is 6.47. The van der Waals surface area contributed by atoms with Crippen LogP contribution in [0, 0.1) is 0 Å². The highest BCUT2D eigenvalue weighted by Crippen LogP contribution is 2.44. The molecule has 0 radical (unpaired) electrons. The van der Waals surface area contributed by atoms with Crippen LogP contribution in [0.15, 0.2) is 24.3 Å². The monoisotopic (exact) mass is 192 g/mol. The Morgan fingerprint density at radius 1 is 1.21 bits per heavy atom. The van der Waals surface area contributed by atoms with Gasteiger partial charge in [-0.1, -0.05) is 18.6 Å². The van der Waals surface area contributed by atoms with Gasteiger partial charge in [0.25, 0.3) is 0 Å². The zero-order valence-corrected chi connectivity index (χ0v) is 7.73. The predicted octanol–water partition coefficient (Wildman–Crippen LogP) is 1.90. The van der Waals surface area contributed by atoms with Gasteiger partial charge in [-0.3, -0.25) is 4.79 Å². The molecule has 3 heteroatoms.